The second kappa shape index (κ2) is 8.30. The molecule has 10 heteroatoms. The van der Waals surface area contributed by atoms with Gasteiger partial charge in [0.05, 0.1) is 22.9 Å². The average Bonchev–Trinajstić information content (AvgIpc) is 3.53. The standard InChI is InChI=1S/C24H16F2N2O4S2/c1-11-8-12(5-6-16(11)32-2)21(29)19-20(17-4-3-7-33-17)28(23(31)22(19)30)24-27-15-9-13(25)14(26)10-18(15)34-24/h3-10,20,29H,1-2H3/b21-19+. The lowest BCUT2D eigenvalue weighted by atomic mass is 9.99. The summed E-state index contributed by atoms with van der Waals surface area (Å²) in [7, 11) is 1.53. The Hall–Kier alpha value is -3.63. The molecule has 34 heavy (non-hydrogen) atoms. The van der Waals surface area contributed by atoms with Gasteiger partial charge in [0, 0.05) is 16.5 Å². The van der Waals surface area contributed by atoms with Gasteiger partial charge in [-0.15, -0.1) is 11.3 Å². The Balaban J connectivity index is 1.70. The van der Waals surface area contributed by atoms with E-state index >= 15 is 0 Å². The van der Waals surface area contributed by atoms with Crippen LogP contribution in [-0.4, -0.2) is 28.9 Å². The topological polar surface area (TPSA) is 79.7 Å². The monoisotopic (exact) mass is 498 g/mol. The summed E-state index contributed by atoms with van der Waals surface area (Å²) < 4.78 is 33.0. The zero-order valence-corrected chi connectivity index (χ0v) is 19.5. The fraction of sp³-hybridized carbons (Fsp3) is 0.125. The molecule has 2 aromatic carbocycles. The van der Waals surface area contributed by atoms with Crippen molar-refractivity contribution in [3.8, 4) is 5.75 Å². The molecule has 4 aromatic rings. The van der Waals surface area contributed by atoms with Crippen LogP contribution in [0.3, 0.4) is 0 Å². The largest absolute Gasteiger partial charge is 0.507 e. The van der Waals surface area contributed by atoms with Crippen molar-refractivity contribution in [2.24, 2.45) is 0 Å². The Labute approximate surface area is 200 Å². The Morgan fingerprint density at radius 1 is 1.15 bits per heavy atom. The van der Waals surface area contributed by atoms with Gasteiger partial charge in [-0.2, -0.15) is 0 Å². The highest BCUT2D eigenvalue weighted by Crippen LogP contribution is 2.45. The number of aromatic nitrogens is 1. The van der Waals surface area contributed by atoms with Crippen LogP contribution in [0.5, 0.6) is 5.75 Å². The van der Waals surface area contributed by atoms with Gasteiger partial charge in [0.25, 0.3) is 5.78 Å². The van der Waals surface area contributed by atoms with E-state index in [9.17, 15) is 23.5 Å². The first-order chi connectivity index (χ1) is 16.3. The third kappa shape index (κ3) is 3.46. The van der Waals surface area contributed by atoms with Gasteiger partial charge in [-0.05, 0) is 48.2 Å². The van der Waals surface area contributed by atoms with Crippen molar-refractivity contribution < 1.29 is 28.2 Å². The summed E-state index contributed by atoms with van der Waals surface area (Å²) in [6.07, 6.45) is 0. The fourth-order valence-electron chi connectivity index (χ4n) is 3.94. The van der Waals surface area contributed by atoms with E-state index in [0.717, 1.165) is 29.0 Å². The molecule has 1 unspecified atom stereocenters. The van der Waals surface area contributed by atoms with Crippen LogP contribution >= 0.6 is 22.7 Å². The minimum atomic E-state index is -1.06. The number of thiophene rings is 1. The molecule has 1 fully saturated rings. The molecule has 0 radical (unpaired) electrons. The number of carbonyl (C=O) groups is 2. The molecule has 1 amide bonds. The van der Waals surface area contributed by atoms with E-state index in [2.05, 4.69) is 4.98 Å². The van der Waals surface area contributed by atoms with Crippen LogP contribution in [0.25, 0.3) is 16.0 Å². The Kier molecular flexibility index (Phi) is 5.41. The number of aliphatic hydroxyl groups excluding tert-OH is 1. The lowest BCUT2D eigenvalue weighted by Crippen LogP contribution is -2.28. The van der Waals surface area contributed by atoms with Gasteiger partial charge >= 0.3 is 5.91 Å². The Morgan fingerprint density at radius 2 is 1.91 bits per heavy atom. The van der Waals surface area contributed by atoms with Crippen molar-refractivity contribution in [2.45, 2.75) is 13.0 Å². The van der Waals surface area contributed by atoms with Gasteiger partial charge in [-0.1, -0.05) is 17.4 Å². The number of ketones is 1. The summed E-state index contributed by atoms with van der Waals surface area (Å²) >= 11 is 2.27. The van der Waals surface area contributed by atoms with Crippen LogP contribution in [0, 0.1) is 18.6 Å². The third-order valence-electron chi connectivity index (χ3n) is 5.55. The second-order valence-corrected chi connectivity index (χ2v) is 9.59. The van der Waals surface area contributed by atoms with Crippen molar-refractivity contribution >= 4 is 55.5 Å². The zero-order valence-electron chi connectivity index (χ0n) is 17.8. The number of methoxy groups -OCH3 is 1. The SMILES string of the molecule is COc1ccc(/C(O)=C2\C(=O)C(=O)N(c3nc4cc(F)c(F)cc4s3)C2c2cccs2)cc1C. The van der Waals surface area contributed by atoms with Gasteiger partial charge in [0.15, 0.2) is 16.8 Å². The minimum Gasteiger partial charge on any atom is -0.507 e. The summed E-state index contributed by atoms with van der Waals surface area (Å²) in [5.74, 6) is -3.57. The number of benzene rings is 2. The van der Waals surface area contributed by atoms with Crippen molar-refractivity contribution in [1.29, 1.82) is 0 Å². The number of Topliss-reactive ketones (excluding diaryl/α,β-unsaturated/α-hetero) is 1. The number of rotatable bonds is 4. The van der Waals surface area contributed by atoms with Crippen LogP contribution < -0.4 is 9.64 Å². The molecular weight excluding hydrogens is 482 g/mol. The summed E-state index contributed by atoms with van der Waals surface area (Å²) in [4.78, 5) is 32.4. The molecule has 5 rings (SSSR count). The van der Waals surface area contributed by atoms with Crippen LogP contribution in [0.1, 0.15) is 22.0 Å². The van der Waals surface area contributed by atoms with E-state index in [0.29, 0.717) is 20.9 Å². The van der Waals surface area contributed by atoms with Crippen LogP contribution in [0.15, 0.2) is 53.4 Å². The zero-order chi connectivity index (χ0) is 24.1. The van der Waals surface area contributed by atoms with E-state index in [1.165, 1.54) is 23.3 Å². The molecule has 0 bridgehead atoms. The fourth-order valence-corrected chi connectivity index (χ4v) is 5.76. The third-order valence-corrected chi connectivity index (χ3v) is 7.49. The second-order valence-electron chi connectivity index (χ2n) is 7.60. The molecule has 1 saturated heterocycles. The number of nitrogens with zero attached hydrogens (tertiary/aromatic N) is 2. The Morgan fingerprint density at radius 3 is 2.59 bits per heavy atom. The van der Waals surface area contributed by atoms with E-state index < -0.39 is 29.4 Å². The summed E-state index contributed by atoms with van der Waals surface area (Å²) in [5, 5.41) is 13.1. The van der Waals surface area contributed by atoms with Crippen molar-refractivity contribution in [3.05, 3.63) is 81.1 Å². The number of halogens is 2. The van der Waals surface area contributed by atoms with E-state index in [4.69, 9.17) is 4.74 Å². The minimum absolute atomic E-state index is 0.0892. The summed E-state index contributed by atoms with van der Waals surface area (Å²) in [6.45, 7) is 1.80. The molecule has 1 aliphatic rings. The number of aliphatic hydroxyl groups is 1. The number of carbonyl (C=O) groups excluding carboxylic acids is 2. The normalized spacial score (nSPS) is 17.6. The highest BCUT2D eigenvalue weighted by atomic mass is 32.1. The molecule has 172 valence electrons. The highest BCUT2D eigenvalue weighted by Gasteiger charge is 2.48. The van der Waals surface area contributed by atoms with Crippen molar-refractivity contribution in [3.63, 3.8) is 0 Å². The molecular formula is C24H16F2N2O4S2. The predicted molar refractivity (Wildman–Crippen MR) is 126 cm³/mol. The number of thiazole rings is 1. The number of anilines is 1. The van der Waals surface area contributed by atoms with Crippen molar-refractivity contribution in [1.82, 2.24) is 4.98 Å². The predicted octanol–water partition coefficient (Wildman–Crippen LogP) is 5.58. The molecule has 6 nitrogen and oxygen atoms in total. The van der Waals surface area contributed by atoms with Crippen LogP contribution in [0.4, 0.5) is 13.9 Å². The first kappa shape index (κ1) is 22.2. The van der Waals surface area contributed by atoms with Gasteiger partial charge in [0.1, 0.15) is 17.6 Å². The number of fused-ring (bicyclic) bond motifs is 1. The quantitative estimate of drug-likeness (QED) is 0.226. The maximum Gasteiger partial charge on any atom is 0.301 e. The van der Waals surface area contributed by atoms with Gasteiger partial charge < -0.3 is 9.84 Å². The molecule has 0 saturated carbocycles. The molecule has 0 spiro atoms. The van der Waals surface area contributed by atoms with Crippen molar-refractivity contribution in [2.75, 3.05) is 12.0 Å². The number of hydrogen-bond acceptors (Lipinski definition) is 7. The van der Waals surface area contributed by atoms with E-state index in [-0.39, 0.29) is 22.0 Å². The number of amides is 1. The van der Waals surface area contributed by atoms with Gasteiger partial charge in [-0.25, -0.2) is 13.8 Å². The van der Waals surface area contributed by atoms with Gasteiger partial charge in [0.2, 0.25) is 0 Å². The van der Waals surface area contributed by atoms with Crippen LogP contribution in [0.2, 0.25) is 0 Å². The Bertz CT molecular complexity index is 1460. The average molecular weight is 499 g/mol. The van der Waals surface area contributed by atoms with Crippen LogP contribution in [-0.2, 0) is 9.59 Å². The molecule has 1 aliphatic heterocycles. The maximum absolute atomic E-state index is 13.7. The molecule has 1 atom stereocenters. The number of aryl methyl sites for hydroxylation is 1. The summed E-state index contributed by atoms with van der Waals surface area (Å²) in [5.41, 5.74) is 1.17. The molecule has 1 N–H and O–H groups in total. The smallest absolute Gasteiger partial charge is 0.301 e. The lowest BCUT2D eigenvalue weighted by molar-refractivity contribution is -0.132. The highest BCUT2D eigenvalue weighted by molar-refractivity contribution is 7.22. The first-order valence-corrected chi connectivity index (χ1v) is 11.7. The number of ether oxygens (including phenoxy) is 1. The first-order valence-electron chi connectivity index (χ1n) is 10.0. The summed E-state index contributed by atoms with van der Waals surface area (Å²) in [6, 6.07) is 9.44. The maximum atomic E-state index is 13.7. The lowest BCUT2D eigenvalue weighted by Gasteiger charge is -2.21. The van der Waals surface area contributed by atoms with E-state index in [1.54, 1.807) is 42.6 Å². The molecule has 3 heterocycles. The van der Waals surface area contributed by atoms with Gasteiger partial charge in [-0.3, -0.25) is 14.5 Å². The van der Waals surface area contributed by atoms with E-state index in [1.807, 2.05) is 0 Å². The number of hydrogen-bond donors (Lipinski definition) is 1. The molecule has 0 aliphatic carbocycles. The molecule has 2 aromatic heterocycles.